The molecule has 5 nitrogen and oxygen atoms in total. The summed E-state index contributed by atoms with van der Waals surface area (Å²) in [6, 6.07) is 9.70. The van der Waals surface area contributed by atoms with Crippen molar-refractivity contribution >= 4 is 17.5 Å². The van der Waals surface area contributed by atoms with Crippen LogP contribution in [0.4, 0.5) is 0 Å². The summed E-state index contributed by atoms with van der Waals surface area (Å²) in [6.45, 7) is 4.42. The van der Waals surface area contributed by atoms with Gasteiger partial charge in [0.25, 0.3) is 5.91 Å². The van der Waals surface area contributed by atoms with Crippen LogP contribution in [0, 0.1) is 13.8 Å². The van der Waals surface area contributed by atoms with Crippen LogP contribution in [-0.2, 0) is 13.0 Å². The molecule has 0 saturated carbocycles. The molecule has 0 aliphatic heterocycles. The van der Waals surface area contributed by atoms with Gasteiger partial charge in [0.15, 0.2) is 0 Å². The van der Waals surface area contributed by atoms with E-state index in [1.54, 1.807) is 11.6 Å². The van der Waals surface area contributed by atoms with Gasteiger partial charge in [-0.25, -0.2) is 0 Å². The number of rotatable bonds is 7. The maximum absolute atomic E-state index is 12.4. The number of benzene rings is 1. The minimum Gasteiger partial charge on any atom is -0.391 e. The van der Waals surface area contributed by atoms with Gasteiger partial charge in [-0.15, -0.1) is 11.6 Å². The average molecular weight is 336 g/mol. The van der Waals surface area contributed by atoms with Crippen molar-refractivity contribution in [3.63, 3.8) is 0 Å². The number of hydrogen-bond acceptors (Lipinski definition) is 3. The van der Waals surface area contributed by atoms with Crippen molar-refractivity contribution in [1.29, 1.82) is 0 Å². The van der Waals surface area contributed by atoms with E-state index in [0.29, 0.717) is 30.1 Å². The fourth-order valence-electron chi connectivity index (χ4n) is 2.58. The first-order chi connectivity index (χ1) is 11.0. The van der Waals surface area contributed by atoms with E-state index >= 15 is 0 Å². The van der Waals surface area contributed by atoms with E-state index < -0.39 is 6.10 Å². The number of carbonyl (C=O) groups is 1. The molecule has 1 heterocycles. The van der Waals surface area contributed by atoms with Gasteiger partial charge in [0.05, 0.1) is 23.9 Å². The summed E-state index contributed by atoms with van der Waals surface area (Å²) in [6.07, 6.45) is -0.121. The van der Waals surface area contributed by atoms with Crippen LogP contribution in [0.3, 0.4) is 0 Å². The minimum absolute atomic E-state index is 0.202. The predicted octanol–water partition coefficient (Wildman–Crippen LogP) is 2.07. The van der Waals surface area contributed by atoms with Gasteiger partial charge in [-0.3, -0.25) is 9.48 Å². The van der Waals surface area contributed by atoms with Crippen molar-refractivity contribution in [3.8, 4) is 0 Å². The Hall–Kier alpha value is -1.85. The lowest BCUT2D eigenvalue weighted by Crippen LogP contribution is -2.33. The molecule has 6 heteroatoms. The molecule has 0 spiro atoms. The predicted molar refractivity (Wildman–Crippen MR) is 90.9 cm³/mol. The Labute approximate surface area is 141 Å². The first-order valence-corrected chi connectivity index (χ1v) is 8.16. The molecule has 2 rings (SSSR count). The molecule has 0 bridgehead atoms. The van der Waals surface area contributed by atoms with Gasteiger partial charge in [-0.1, -0.05) is 30.3 Å². The molecule has 0 aliphatic carbocycles. The smallest absolute Gasteiger partial charge is 0.255 e. The highest BCUT2D eigenvalue weighted by atomic mass is 35.5. The first-order valence-electron chi connectivity index (χ1n) is 7.63. The summed E-state index contributed by atoms with van der Waals surface area (Å²) < 4.78 is 1.73. The average Bonchev–Trinajstić information content (AvgIpc) is 2.81. The number of aliphatic hydroxyl groups is 1. The van der Waals surface area contributed by atoms with Crippen LogP contribution in [0.2, 0.25) is 0 Å². The summed E-state index contributed by atoms with van der Waals surface area (Å²) in [4.78, 5) is 12.4. The van der Waals surface area contributed by atoms with Crippen molar-refractivity contribution in [1.82, 2.24) is 15.1 Å². The summed E-state index contributed by atoms with van der Waals surface area (Å²) >= 11 is 5.73. The zero-order chi connectivity index (χ0) is 16.8. The second-order valence-electron chi connectivity index (χ2n) is 5.51. The van der Waals surface area contributed by atoms with Crippen LogP contribution >= 0.6 is 11.6 Å². The van der Waals surface area contributed by atoms with E-state index in [0.717, 1.165) is 11.3 Å². The van der Waals surface area contributed by atoms with Crippen LogP contribution in [-0.4, -0.2) is 39.3 Å². The summed E-state index contributed by atoms with van der Waals surface area (Å²) in [7, 11) is 0. The molecular weight excluding hydrogens is 314 g/mol. The van der Waals surface area contributed by atoms with E-state index in [-0.39, 0.29) is 12.5 Å². The standard InChI is InChI=1S/C17H22ClN3O2/c1-12-16(13(2)21(20-12)9-8-18)17(23)19-11-15(22)10-14-6-4-3-5-7-14/h3-7,15,22H,8-11H2,1-2H3,(H,19,23). The molecule has 0 aliphatic rings. The third-order valence-electron chi connectivity index (χ3n) is 3.72. The number of carbonyl (C=O) groups excluding carboxylic acids is 1. The fourth-order valence-corrected chi connectivity index (χ4v) is 2.74. The van der Waals surface area contributed by atoms with Gasteiger partial charge in [0.1, 0.15) is 0 Å². The number of alkyl halides is 1. The first kappa shape index (κ1) is 17.5. The number of halogens is 1. The molecule has 2 aromatic rings. The second-order valence-corrected chi connectivity index (χ2v) is 5.89. The molecule has 1 unspecified atom stereocenters. The molecule has 2 N–H and O–H groups in total. The normalized spacial score (nSPS) is 12.2. The Balaban J connectivity index is 1.94. The van der Waals surface area contributed by atoms with Gasteiger partial charge in [0.2, 0.25) is 0 Å². The van der Waals surface area contributed by atoms with Gasteiger partial charge in [0, 0.05) is 24.5 Å². The topological polar surface area (TPSA) is 67.2 Å². The Morgan fingerprint density at radius 1 is 1.35 bits per heavy atom. The number of aromatic nitrogens is 2. The Morgan fingerprint density at radius 3 is 2.70 bits per heavy atom. The summed E-state index contributed by atoms with van der Waals surface area (Å²) in [5.74, 6) is 0.228. The van der Waals surface area contributed by atoms with Crippen LogP contribution in [0.25, 0.3) is 0 Å². The van der Waals surface area contributed by atoms with Crippen molar-refractivity contribution in [2.75, 3.05) is 12.4 Å². The lowest BCUT2D eigenvalue weighted by molar-refractivity contribution is 0.0914. The largest absolute Gasteiger partial charge is 0.391 e. The van der Waals surface area contributed by atoms with Crippen LogP contribution < -0.4 is 5.32 Å². The lowest BCUT2D eigenvalue weighted by Gasteiger charge is -2.12. The Bertz CT molecular complexity index is 655. The van der Waals surface area contributed by atoms with E-state index in [2.05, 4.69) is 10.4 Å². The maximum Gasteiger partial charge on any atom is 0.255 e. The third-order valence-corrected chi connectivity index (χ3v) is 3.89. The summed E-state index contributed by atoms with van der Waals surface area (Å²) in [5.41, 5.74) is 3.06. The van der Waals surface area contributed by atoms with Crippen molar-refractivity contribution in [2.45, 2.75) is 32.9 Å². The molecule has 124 valence electrons. The van der Waals surface area contributed by atoms with Gasteiger partial charge < -0.3 is 10.4 Å². The molecule has 1 atom stereocenters. The zero-order valence-corrected chi connectivity index (χ0v) is 14.2. The van der Waals surface area contributed by atoms with Gasteiger partial charge in [-0.05, 0) is 19.4 Å². The van der Waals surface area contributed by atoms with E-state index in [1.807, 2.05) is 37.3 Å². The van der Waals surface area contributed by atoms with Crippen LogP contribution in [0.1, 0.15) is 27.3 Å². The molecule has 0 fully saturated rings. The van der Waals surface area contributed by atoms with E-state index in [4.69, 9.17) is 11.6 Å². The molecule has 23 heavy (non-hydrogen) atoms. The number of nitrogens with zero attached hydrogens (tertiary/aromatic N) is 2. The quantitative estimate of drug-likeness (QED) is 0.761. The van der Waals surface area contributed by atoms with Crippen LogP contribution in [0.5, 0.6) is 0 Å². The number of hydrogen-bond donors (Lipinski definition) is 2. The van der Waals surface area contributed by atoms with Crippen molar-refractivity contribution in [2.24, 2.45) is 0 Å². The molecule has 1 aromatic heterocycles. The maximum atomic E-state index is 12.4. The van der Waals surface area contributed by atoms with E-state index in [1.165, 1.54) is 0 Å². The monoisotopic (exact) mass is 335 g/mol. The van der Waals surface area contributed by atoms with Gasteiger partial charge in [-0.2, -0.15) is 5.10 Å². The summed E-state index contributed by atoms with van der Waals surface area (Å²) in [5, 5.41) is 17.2. The number of amides is 1. The van der Waals surface area contributed by atoms with Crippen molar-refractivity contribution < 1.29 is 9.90 Å². The number of aryl methyl sites for hydroxylation is 2. The van der Waals surface area contributed by atoms with Crippen LogP contribution in [0.15, 0.2) is 30.3 Å². The highest BCUT2D eigenvalue weighted by Gasteiger charge is 2.19. The Kier molecular flexibility index (Phi) is 6.19. The number of nitrogens with one attached hydrogen (secondary N) is 1. The minimum atomic E-state index is -0.625. The van der Waals surface area contributed by atoms with Gasteiger partial charge >= 0.3 is 0 Å². The Morgan fingerprint density at radius 2 is 2.04 bits per heavy atom. The lowest BCUT2D eigenvalue weighted by atomic mass is 10.1. The zero-order valence-electron chi connectivity index (χ0n) is 13.4. The highest BCUT2D eigenvalue weighted by Crippen LogP contribution is 2.13. The SMILES string of the molecule is Cc1nn(CCCl)c(C)c1C(=O)NCC(O)Cc1ccccc1. The van der Waals surface area contributed by atoms with E-state index in [9.17, 15) is 9.90 Å². The molecule has 0 radical (unpaired) electrons. The third kappa shape index (κ3) is 4.56. The fraction of sp³-hybridized carbons (Fsp3) is 0.412. The molecule has 1 amide bonds. The highest BCUT2D eigenvalue weighted by molar-refractivity contribution is 6.17. The number of aliphatic hydroxyl groups excluding tert-OH is 1. The van der Waals surface area contributed by atoms with Crippen molar-refractivity contribution in [3.05, 3.63) is 52.8 Å². The molecular formula is C17H22ClN3O2. The second kappa shape index (κ2) is 8.13. The molecule has 0 saturated heterocycles. The molecule has 1 aromatic carbocycles.